The zero-order chi connectivity index (χ0) is 11.7. The quantitative estimate of drug-likeness (QED) is 0.456. The van der Waals surface area contributed by atoms with Crippen molar-refractivity contribution in [3.63, 3.8) is 0 Å². The van der Waals surface area contributed by atoms with Gasteiger partial charge in [-0.1, -0.05) is 12.2 Å². The molecule has 1 aliphatic rings. The highest BCUT2D eigenvalue weighted by atomic mass is 32.3. The fraction of sp³-hybridized carbons (Fsp3) is 0.500. The lowest BCUT2D eigenvalue weighted by Crippen LogP contribution is -2.48. The van der Waals surface area contributed by atoms with Crippen LogP contribution in [0.15, 0.2) is 23.8 Å². The molecule has 0 bridgehead atoms. The van der Waals surface area contributed by atoms with E-state index in [4.69, 9.17) is 16.0 Å². The van der Waals surface area contributed by atoms with Gasteiger partial charge in [-0.3, -0.25) is 4.55 Å². The number of hydrogen-bond acceptors (Lipinski definition) is 5. The molecule has 0 fully saturated rings. The first kappa shape index (κ1) is 12.3. The van der Waals surface area contributed by atoms with E-state index in [0.717, 1.165) is 0 Å². The smallest absolute Gasteiger partial charge is 0.310 e. The molecule has 5 N–H and O–H groups in total. The van der Waals surface area contributed by atoms with E-state index in [1.165, 1.54) is 13.0 Å². The lowest BCUT2D eigenvalue weighted by molar-refractivity contribution is 0.226. The molecule has 0 heterocycles. The van der Waals surface area contributed by atoms with Crippen molar-refractivity contribution < 1.29 is 17.2 Å². The van der Waals surface area contributed by atoms with Crippen molar-refractivity contribution >= 4 is 10.4 Å². The third kappa shape index (κ3) is 4.10. The van der Waals surface area contributed by atoms with Crippen LogP contribution in [0.3, 0.4) is 0 Å². The van der Waals surface area contributed by atoms with E-state index in [1.807, 2.05) is 0 Å². The number of rotatable bonds is 3. The third-order valence-corrected chi connectivity index (χ3v) is 2.48. The van der Waals surface area contributed by atoms with Crippen molar-refractivity contribution in [2.45, 2.75) is 25.1 Å². The van der Waals surface area contributed by atoms with Crippen LogP contribution in [-0.4, -0.2) is 24.7 Å². The van der Waals surface area contributed by atoms with Crippen LogP contribution in [0.5, 0.6) is 0 Å². The van der Waals surface area contributed by atoms with E-state index in [-0.39, 0.29) is 0 Å². The van der Waals surface area contributed by atoms with Crippen molar-refractivity contribution in [2.75, 3.05) is 0 Å². The van der Waals surface area contributed by atoms with Gasteiger partial charge in [-0.25, -0.2) is 4.18 Å². The summed E-state index contributed by atoms with van der Waals surface area (Å²) in [4.78, 5) is 0. The Hall–Kier alpha value is -0.730. The van der Waals surface area contributed by atoms with E-state index < -0.39 is 22.2 Å². The van der Waals surface area contributed by atoms with Crippen LogP contribution in [0.1, 0.15) is 13.3 Å². The molecule has 0 aromatic carbocycles. The molecule has 7 heteroatoms. The second-order valence-electron chi connectivity index (χ2n) is 3.53. The molecule has 0 radical (unpaired) electrons. The number of nitrogens with two attached hydrogens (primary N) is 2. The molecular weight excluding hydrogens is 220 g/mol. The first-order chi connectivity index (χ1) is 6.70. The summed E-state index contributed by atoms with van der Waals surface area (Å²) >= 11 is 0. The van der Waals surface area contributed by atoms with E-state index in [0.29, 0.717) is 12.0 Å². The normalized spacial score (nSPS) is 22.3. The van der Waals surface area contributed by atoms with Crippen molar-refractivity contribution in [1.29, 1.82) is 0 Å². The fourth-order valence-corrected chi connectivity index (χ4v) is 1.78. The molecular formula is C8H14N2O4S. The monoisotopic (exact) mass is 234 g/mol. The van der Waals surface area contributed by atoms with Crippen LogP contribution in [0, 0.1) is 0 Å². The van der Waals surface area contributed by atoms with Crippen LogP contribution in [0.4, 0.5) is 0 Å². The van der Waals surface area contributed by atoms with E-state index >= 15 is 0 Å². The Balaban J connectivity index is 2.81. The first-order valence-corrected chi connectivity index (χ1v) is 5.69. The Labute approximate surface area is 88.5 Å². The third-order valence-electron chi connectivity index (χ3n) is 1.95. The summed E-state index contributed by atoms with van der Waals surface area (Å²) in [7, 11) is -4.47. The highest BCUT2D eigenvalue weighted by Crippen LogP contribution is 2.19. The Morgan fingerprint density at radius 2 is 2.20 bits per heavy atom. The molecule has 0 aromatic heterocycles. The highest BCUT2D eigenvalue weighted by Gasteiger charge is 2.23. The van der Waals surface area contributed by atoms with Crippen LogP contribution in [0.2, 0.25) is 0 Å². The SMILES string of the molecule is CC(OS(=O)(=O)O)C1=CC(N)(N)CC=C1. The molecule has 0 aliphatic heterocycles. The lowest BCUT2D eigenvalue weighted by Gasteiger charge is -2.25. The van der Waals surface area contributed by atoms with Gasteiger partial charge in [0, 0.05) is 6.42 Å². The van der Waals surface area contributed by atoms with Crippen LogP contribution >= 0.6 is 0 Å². The predicted octanol–water partition coefficient (Wildman–Crippen LogP) is -0.306. The van der Waals surface area contributed by atoms with Gasteiger partial charge in [0.05, 0.1) is 5.66 Å². The predicted molar refractivity (Wildman–Crippen MR) is 55.0 cm³/mol. The summed E-state index contributed by atoms with van der Waals surface area (Å²) in [5.74, 6) is 0. The maximum absolute atomic E-state index is 10.5. The molecule has 86 valence electrons. The minimum absolute atomic E-state index is 0.467. The summed E-state index contributed by atoms with van der Waals surface area (Å²) < 4.78 is 33.8. The Morgan fingerprint density at radius 1 is 1.60 bits per heavy atom. The number of hydrogen-bond donors (Lipinski definition) is 3. The minimum Gasteiger partial charge on any atom is -0.310 e. The molecule has 1 rings (SSSR count). The summed E-state index contributed by atoms with van der Waals surface area (Å²) in [6, 6.07) is 0. The average molecular weight is 234 g/mol. The zero-order valence-corrected chi connectivity index (χ0v) is 9.07. The minimum atomic E-state index is -4.47. The van der Waals surface area contributed by atoms with Gasteiger partial charge >= 0.3 is 10.4 Å². The standard InChI is InChI=1S/C8H14N2O4S/c1-6(14-15(11,12)13)7-3-2-4-8(9,10)5-7/h2-3,5-6H,4,9-10H2,1H3,(H,11,12,13). The van der Waals surface area contributed by atoms with Gasteiger partial charge < -0.3 is 11.5 Å². The largest absolute Gasteiger partial charge is 0.397 e. The molecule has 0 saturated carbocycles. The molecule has 6 nitrogen and oxygen atoms in total. The maximum atomic E-state index is 10.5. The molecule has 0 amide bonds. The van der Waals surface area contributed by atoms with Crippen LogP contribution in [0.25, 0.3) is 0 Å². The molecule has 0 spiro atoms. The summed E-state index contributed by atoms with van der Waals surface area (Å²) in [6.45, 7) is 1.48. The summed E-state index contributed by atoms with van der Waals surface area (Å²) in [5, 5.41) is 0. The molecule has 1 atom stereocenters. The van der Waals surface area contributed by atoms with Gasteiger partial charge in [0.15, 0.2) is 0 Å². The van der Waals surface area contributed by atoms with E-state index in [1.54, 1.807) is 12.2 Å². The van der Waals surface area contributed by atoms with E-state index in [9.17, 15) is 8.42 Å². The Bertz CT molecular complexity index is 397. The van der Waals surface area contributed by atoms with Crippen molar-refractivity contribution in [2.24, 2.45) is 11.5 Å². The summed E-state index contributed by atoms with van der Waals surface area (Å²) in [6.07, 6.45) is 4.55. The Kier molecular flexibility index (Phi) is 3.31. The Morgan fingerprint density at radius 3 is 2.67 bits per heavy atom. The van der Waals surface area contributed by atoms with Gasteiger partial charge in [-0.2, -0.15) is 8.42 Å². The van der Waals surface area contributed by atoms with Crippen molar-refractivity contribution in [3.8, 4) is 0 Å². The first-order valence-electron chi connectivity index (χ1n) is 4.32. The molecule has 1 aliphatic carbocycles. The molecule has 0 aromatic rings. The second kappa shape index (κ2) is 4.03. The molecule has 1 unspecified atom stereocenters. The van der Waals surface area contributed by atoms with Crippen LogP contribution < -0.4 is 11.5 Å². The van der Waals surface area contributed by atoms with Gasteiger partial charge in [0.25, 0.3) is 0 Å². The van der Waals surface area contributed by atoms with Gasteiger partial charge in [-0.05, 0) is 18.6 Å². The van der Waals surface area contributed by atoms with Gasteiger partial charge in [-0.15, -0.1) is 0 Å². The average Bonchev–Trinajstić information content (AvgIpc) is 1.99. The molecule has 0 saturated heterocycles. The fourth-order valence-electron chi connectivity index (χ4n) is 1.31. The van der Waals surface area contributed by atoms with Crippen molar-refractivity contribution in [1.82, 2.24) is 0 Å². The van der Waals surface area contributed by atoms with E-state index in [2.05, 4.69) is 4.18 Å². The molecule has 15 heavy (non-hydrogen) atoms. The zero-order valence-electron chi connectivity index (χ0n) is 8.25. The summed E-state index contributed by atoms with van der Waals surface area (Å²) in [5.41, 5.74) is 10.8. The van der Waals surface area contributed by atoms with Gasteiger partial charge in [0.1, 0.15) is 6.10 Å². The topological polar surface area (TPSA) is 116 Å². The maximum Gasteiger partial charge on any atom is 0.397 e. The highest BCUT2D eigenvalue weighted by molar-refractivity contribution is 7.80. The van der Waals surface area contributed by atoms with Gasteiger partial charge in [0.2, 0.25) is 0 Å². The van der Waals surface area contributed by atoms with Crippen molar-refractivity contribution in [3.05, 3.63) is 23.8 Å². The second-order valence-corrected chi connectivity index (χ2v) is 4.58. The lowest BCUT2D eigenvalue weighted by atomic mass is 9.95. The van der Waals surface area contributed by atoms with Crippen LogP contribution in [-0.2, 0) is 14.6 Å².